The number of carbonyl (C=O) groups is 2. The van der Waals surface area contributed by atoms with Crippen molar-refractivity contribution < 1.29 is 9.59 Å². The number of hydrogen-bond donors (Lipinski definition) is 0. The van der Waals surface area contributed by atoms with Crippen LogP contribution in [-0.2, 0) is 16.1 Å². The van der Waals surface area contributed by atoms with Crippen LogP contribution < -0.4 is 9.80 Å². The van der Waals surface area contributed by atoms with Gasteiger partial charge >= 0.3 is 0 Å². The number of amides is 2. The lowest BCUT2D eigenvalue weighted by Crippen LogP contribution is -2.34. The lowest BCUT2D eigenvalue weighted by molar-refractivity contribution is -0.120. The molecule has 0 radical (unpaired) electrons. The van der Waals surface area contributed by atoms with E-state index in [2.05, 4.69) is 19.9 Å². The summed E-state index contributed by atoms with van der Waals surface area (Å²) >= 11 is 0. The Hall–Kier alpha value is -4.21. The van der Waals surface area contributed by atoms with Crippen LogP contribution in [0.1, 0.15) is 44.9 Å². The second kappa shape index (κ2) is 9.59. The minimum atomic E-state index is 0.0517. The lowest BCUT2D eigenvalue weighted by atomic mass is 10.1. The number of fused-ring (bicyclic) bond motifs is 2. The Balaban J connectivity index is 1.52. The fourth-order valence-corrected chi connectivity index (χ4v) is 5.09. The van der Waals surface area contributed by atoms with Crippen LogP contribution in [0.4, 0.5) is 11.4 Å². The maximum atomic E-state index is 13.4. The van der Waals surface area contributed by atoms with E-state index in [-0.39, 0.29) is 17.7 Å². The first kappa shape index (κ1) is 24.1. The van der Waals surface area contributed by atoms with Gasteiger partial charge in [0.05, 0.1) is 16.9 Å². The molecule has 38 heavy (non-hydrogen) atoms. The standard InChI is InChI=1S/C28H30N8O2/c1-4-35-26(20-14-29-17(2)30-15-20)33-25-24(31-16-32-27(25)35)19-10-11-21-22(13-19)36(28(38)18-8-9-18)12-6-5-7-23(37)34(21)3/h10-11,13-16,18H,4-9,12H2,1-3H3. The van der Waals surface area contributed by atoms with Gasteiger partial charge in [0.1, 0.15) is 29.2 Å². The Morgan fingerprint density at radius 1 is 1.03 bits per heavy atom. The molecule has 0 atom stereocenters. The molecule has 1 aromatic carbocycles. The fourth-order valence-electron chi connectivity index (χ4n) is 5.09. The third-order valence-corrected chi connectivity index (χ3v) is 7.38. The predicted octanol–water partition coefficient (Wildman–Crippen LogP) is 4.17. The van der Waals surface area contributed by atoms with Crippen molar-refractivity contribution in [2.24, 2.45) is 5.92 Å². The molecule has 4 aromatic rings. The number of benzene rings is 1. The van der Waals surface area contributed by atoms with Crippen molar-refractivity contribution in [3.8, 4) is 22.6 Å². The molecule has 10 heteroatoms. The molecule has 10 nitrogen and oxygen atoms in total. The average molecular weight is 511 g/mol. The van der Waals surface area contributed by atoms with E-state index in [1.54, 1.807) is 30.7 Å². The van der Waals surface area contributed by atoms with Crippen molar-refractivity contribution in [3.63, 3.8) is 0 Å². The van der Waals surface area contributed by atoms with Gasteiger partial charge < -0.3 is 14.4 Å². The zero-order valence-electron chi connectivity index (χ0n) is 21.9. The van der Waals surface area contributed by atoms with Gasteiger partial charge in [0, 0.05) is 50.4 Å². The van der Waals surface area contributed by atoms with Crippen LogP contribution in [0, 0.1) is 12.8 Å². The van der Waals surface area contributed by atoms with E-state index >= 15 is 0 Å². The summed E-state index contributed by atoms with van der Waals surface area (Å²) in [5.74, 6) is 1.67. The summed E-state index contributed by atoms with van der Waals surface area (Å²) < 4.78 is 2.03. The van der Waals surface area contributed by atoms with Gasteiger partial charge in [0.2, 0.25) is 11.8 Å². The van der Waals surface area contributed by atoms with Gasteiger partial charge in [-0.1, -0.05) is 6.07 Å². The van der Waals surface area contributed by atoms with Crippen molar-refractivity contribution in [1.29, 1.82) is 0 Å². The number of aryl methyl sites for hydroxylation is 2. The van der Waals surface area contributed by atoms with Crippen LogP contribution in [0.25, 0.3) is 33.8 Å². The highest BCUT2D eigenvalue weighted by Gasteiger charge is 2.36. The van der Waals surface area contributed by atoms with Crippen molar-refractivity contribution >= 4 is 34.4 Å². The highest BCUT2D eigenvalue weighted by Crippen LogP contribution is 2.40. The molecule has 1 saturated carbocycles. The molecule has 2 amide bonds. The molecule has 0 N–H and O–H groups in total. The van der Waals surface area contributed by atoms with Gasteiger partial charge in [-0.2, -0.15) is 0 Å². The SMILES string of the molecule is CCn1c(-c2cnc(C)nc2)nc2c(-c3ccc4c(c3)N(C(=O)C3CC3)CCCCC(=O)N4C)ncnc21. The van der Waals surface area contributed by atoms with Gasteiger partial charge in [-0.15, -0.1) is 0 Å². The molecule has 1 fully saturated rings. The monoisotopic (exact) mass is 510 g/mol. The first-order valence-corrected chi connectivity index (χ1v) is 13.2. The van der Waals surface area contributed by atoms with E-state index in [4.69, 9.17) is 4.98 Å². The smallest absolute Gasteiger partial charge is 0.230 e. The predicted molar refractivity (Wildman–Crippen MR) is 145 cm³/mol. The number of imidazole rings is 1. The Kier molecular flexibility index (Phi) is 6.09. The van der Waals surface area contributed by atoms with Crippen LogP contribution in [-0.4, -0.2) is 54.9 Å². The molecular weight excluding hydrogens is 480 g/mol. The van der Waals surface area contributed by atoms with E-state index in [1.807, 2.05) is 41.5 Å². The van der Waals surface area contributed by atoms with E-state index in [9.17, 15) is 9.59 Å². The Morgan fingerprint density at radius 2 is 1.82 bits per heavy atom. The molecule has 3 aromatic heterocycles. The fraction of sp³-hybridized carbons (Fsp3) is 0.393. The van der Waals surface area contributed by atoms with Gasteiger partial charge in [-0.3, -0.25) is 9.59 Å². The van der Waals surface area contributed by atoms with Crippen LogP contribution in [0.15, 0.2) is 36.9 Å². The van der Waals surface area contributed by atoms with Crippen LogP contribution in [0.2, 0.25) is 0 Å². The summed E-state index contributed by atoms with van der Waals surface area (Å²) in [6.07, 6.45) is 8.93. The number of hydrogen-bond acceptors (Lipinski definition) is 7. The van der Waals surface area contributed by atoms with Crippen molar-refractivity contribution in [2.45, 2.75) is 52.5 Å². The van der Waals surface area contributed by atoms with E-state index in [0.717, 1.165) is 59.7 Å². The summed E-state index contributed by atoms with van der Waals surface area (Å²) in [5.41, 5.74) is 5.15. The summed E-state index contributed by atoms with van der Waals surface area (Å²) in [7, 11) is 1.79. The topological polar surface area (TPSA) is 110 Å². The average Bonchev–Trinajstić information content (AvgIpc) is 3.71. The van der Waals surface area contributed by atoms with Crippen LogP contribution >= 0.6 is 0 Å². The Morgan fingerprint density at radius 3 is 2.55 bits per heavy atom. The van der Waals surface area contributed by atoms with E-state index in [1.165, 1.54) is 0 Å². The molecule has 2 aliphatic rings. The normalized spacial score (nSPS) is 16.2. The highest BCUT2D eigenvalue weighted by molar-refractivity contribution is 6.05. The lowest BCUT2D eigenvalue weighted by Gasteiger charge is -2.28. The van der Waals surface area contributed by atoms with Crippen LogP contribution in [0.5, 0.6) is 0 Å². The molecule has 194 valence electrons. The largest absolute Gasteiger partial charge is 0.314 e. The highest BCUT2D eigenvalue weighted by atomic mass is 16.2. The number of nitrogens with zero attached hydrogens (tertiary/aromatic N) is 8. The summed E-state index contributed by atoms with van der Waals surface area (Å²) in [4.78, 5) is 52.6. The van der Waals surface area contributed by atoms with Crippen molar-refractivity contribution in [2.75, 3.05) is 23.4 Å². The first-order chi connectivity index (χ1) is 18.5. The molecule has 0 unspecified atom stereocenters. The molecule has 4 heterocycles. The second-order valence-electron chi connectivity index (χ2n) is 9.97. The summed E-state index contributed by atoms with van der Waals surface area (Å²) in [6.45, 7) is 5.15. The number of aromatic nitrogens is 6. The van der Waals surface area contributed by atoms with Crippen LogP contribution in [0.3, 0.4) is 0 Å². The first-order valence-electron chi connectivity index (χ1n) is 13.2. The zero-order valence-corrected chi connectivity index (χ0v) is 21.9. The minimum absolute atomic E-state index is 0.0517. The van der Waals surface area contributed by atoms with Gasteiger partial charge in [-0.05, 0) is 51.7 Å². The number of carbonyl (C=O) groups excluding carboxylic acids is 2. The molecule has 0 saturated heterocycles. The van der Waals surface area contributed by atoms with Gasteiger partial charge in [0.25, 0.3) is 0 Å². The minimum Gasteiger partial charge on any atom is -0.314 e. The van der Waals surface area contributed by atoms with Gasteiger partial charge in [-0.25, -0.2) is 24.9 Å². The van der Waals surface area contributed by atoms with Gasteiger partial charge in [0.15, 0.2) is 5.65 Å². The summed E-state index contributed by atoms with van der Waals surface area (Å²) in [5, 5.41) is 0. The third kappa shape index (κ3) is 4.19. The molecule has 1 aliphatic heterocycles. The number of anilines is 2. The third-order valence-electron chi connectivity index (χ3n) is 7.38. The van der Waals surface area contributed by atoms with E-state index < -0.39 is 0 Å². The van der Waals surface area contributed by atoms with E-state index in [0.29, 0.717) is 36.5 Å². The Labute approximate surface area is 220 Å². The maximum Gasteiger partial charge on any atom is 0.230 e. The Bertz CT molecular complexity index is 1540. The molecule has 0 spiro atoms. The van der Waals surface area contributed by atoms with Crippen molar-refractivity contribution in [1.82, 2.24) is 29.5 Å². The quantitative estimate of drug-likeness (QED) is 0.405. The maximum absolute atomic E-state index is 13.4. The second-order valence-corrected chi connectivity index (χ2v) is 9.97. The number of rotatable bonds is 4. The zero-order chi connectivity index (χ0) is 26.4. The molecule has 0 bridgehead atoms. The summed E-state index contributed by atoms with van der Waals surface area (Å²) in [6, 6.07) is 5.84. The molecule has 1 aliphatic carbocycles. The molecular formula is C28H30N8O2. The molecule has 6 rings (SSSR count). The van der Waals surface area contributed by atoms with Crippen molar-refractivity contribution in [3.05, 3.63) is 42.7 Å².